The zero-order valence-corrected chi connectivity index (χ0v) is 14.2. The SMILES string of the molecule is CSc1csc2cnc(C(=O)NC3CN4CCC3CC4)cc12. The maximum Gasteiger partial charge on any atom is 0.270 e. The summed E-state index contributed by atoms with van der Waals surface area (Å²) < 4.78 is 1.14. The van der Waals surface area contributed by atoms with E-state index in [9.17, 15) is 4.79 Å². The molecule has 0 aromatic carbocycles. The Balaban J connectivity index is 1.55. The van der Waals surface area contributed by atoms with E-state index in [0.717, 1.165) is 16.6 Å². The molecule has 2 bridgehead atoms. The molecule has 1 amide bonds. The quantitative estimate of drug-likeness (QED) is 0.878. The molecule has 1 atom stereocenters. The maximum atomic E-state index is 12.6. The number of thioether (sulfide) groups is 1. The van der Waals surface area contributed by atoms with Crippen LogP contribution in [0.1, 0.15) is 23.3 Å². The topological polar surface area (TPSA) is 45.2 Å². The van der Waals surface area contributed by atoms with Gasteiger partial charge in [-0.1, -0.05) is 0 Å². The first-order chi connectivity index (χ1) is 10.7. The minimum absolute atomic E-state index is 0.0288. The van der Waals surface area contributed by atoms with Crippen LogP contribution in [0.4, 0.5) is 0 Å². The monoisotopic (exact) mass is 333 g/mol. The number of pyridine rings is 1. The third-order valence-corrected chi connectivity index (χ3v) is 6.71. The number of nitrogens with zero attached hydrogens (tertiary/aromatic N) is 2. The number of amides is 1. The molecule has 3 aliphatic heterocycles. The van der Waals surface area contributed by atoms with Crippen molar-refractivity contribution in [1.82, 2.24) is 15.2 Å². The Hall–Kier alpha value is -1.11. The Morgan fingerprint density at radius 1 is 1.45 bits per heavy atom. The van der Waals surface area contributed by atoms with Gasteiger partial charge in [0.1, 0.15) is 5.69 Å². The number of hydrogen-bond acceptors (Lipinski definition) is 5. The number of carbonyl (C=O) groups excluding carboxylic acids is 1. The smallest absolute Gasteiger partial charge is 0.270 e. The number of hydrogen-bond donors (Lipinski definition) is 1. The molecule has 1 N–H and O–H groups in total. The Bertz CT molecular complexity index is 706. The van der Waals surface area contributed by atoms with E-state index in [1.807, 2.05) is 12.3 Å². The zero-order chi connectivity index (χ0) is 15.1. The van der Waals surface area contributed by atoms with E-state index < -0.39 is 0 Å². The Kier molecular flexibility index (Phi) is 3.84. The second-order valence-corrected chi connectivity index (χ2v) is 7.85. The fourth-order valence-electron chi connectivity index (χ4n) is 3.56. The molecule has 22 heavy (non-hydrogen) atoms. The highest BCUT2D eigenvalue weighted by Crippen LogP contribution is 2.32. The van der Waals surface area contributed by atoms with Crippen molar-refractivity contribution in [3.05, 3.63) is 23.3 Å². The zero-order valence-electron chi connectivity index (χ0n) is 12.5. The summed E-state index contributed by atoms with van der Waals surface area (Å²) >= 11 is 3.40. The van der Waals surface area contributed by atoms with Gasteiger partial charge in [-0.15, -0.1) is 23.1 Å². The maximum absolute atomic E-state index is 12.6. The highest BCUT2D eigenvalue weighted by Gasteiger charge is 2.35. The van der Waals surface area contributed by atoms with Gasteiger partial charge >= 0.3 is 0 Å². The van der Waals surface area contributed by atoms with E-state index in [-0.39, 0.29) is 11.9 Å². The summed E-state index contributed by atoms with van der Waals surface area (Å²) in [6.07, 6.45) is 6.30. The molecule has 0 radical (unpaired) electrons. The molecule has 116 valence electrons. The van der Waals surface area contributed by atoms with Crippen molar-refractivity contribution >= 4 is 39.1 Å². The van der Waals surface area contributed by atoms with Gasteiger partial charge in [0.2, 0.25) is 0 Å². The fraction of sp³-hybridized carbons (Fsp3) is 0.500. The third-order valence-electron chi connectivity index (χ3n) is 4.85. The van der Waals surface area contributed by atoms with E-state index in [2.05, 4.69) is 26.8 Å². The van der Waals surface area contributed by atoms with Crippen molar-refractivity contribution in [2.24, 2.45) is 5.92 Å². The van der Waals surface area contributed by atoms with Crippen LogP contribution in [0, 0.1) is 5.92 Å². The minimum Gasteiger partial charge on any atom is -0.346 e. The molecule has 2 aromatic rings. The third kappa shape index (κ3) is 2.53. The van der Waals surface area contributed by atoms with Crippen LogP contribution in [0.5, 0.6) is 0 Å². The van der Waals surface area contributed by atoms with Gasteiger partial charge in [-0.2, -0.15) is 0 Å². The predicted molar refractivity (Wildman–Crippen MR) is 91.8 cm³/mol. The molecule has 6 heteroatoms. The van der Waals surface area contributed by atoms with Crippen molar-refractivity contribution in [2.45, 2.75) is 23.8 Å². The fourth-order valence-corrected chi connectivity index (χ4v) is 5.32. The van der Waals surface area contributed by atoms with Crippen molar-refractivity contribution < 1.29 is 4.79 Å². The lowest BCUT2D eigenvalue weighted by atomic mass is 9.84. The minimum atomic E-state index is -0.0288. The van der Waals surface area contributed by atoms with Crippen LogP contribution in [0.25, 0.3) is 10.1 Å². The Labute approximate surface area is 138 Å². The molecular formula is C16H19N3OS2. The van der Waals surface area contributed by atoms with Crippen LogP contribution in [-0.4, -0.2) is 47.7 Å². The molecule has 3 fully saturated rings. The number of fused-ring (bicyclic) bond motifs is 4. The van der Waals surface area contributed by atoms with Gasteiger partial charge in [-0.05, 0) is 44.2 Å². The largest absolute Gasteiger partial charge is 0.346 e. The van der Waals surface area contributed by atoms with E-state index >= 15 is 0 Å². The van der Waals surface area contributed by atoms with Crippen LogP contribution >= 0.6 is 23.1 Å². The summed E-state index contributed by atoms with van der Waals surface area (Å²) in [5.74, 6) is 0.611. The second kappa shape index (κ2) is 5.83. The van der Waals surface area contributed by atoms with Crippen LogP contribution < -0.4 is 5.32 Å². The second-order valence-electron chi connectivity index (χ2n) is 6.09. The lowest BCUT2D eigenvalue weighted by Crippen LogP contribution is -2.57. The highest BCUT2D eigenvalue weighted by molar-refractivity contribution is 7.99. The van der Waals surface area contributed by atoms with Gasteiger partial charge in [0.25, 0.3) is 5.91 Å². The first-order valence-corrected chi connectivity index (χ1v) is 9.79. The van der Waals surface area contributed by atoms with E-state index in [1.54, 1.807) is 23.1 Å². The number of rotatable bonds is 3. The molecule has 0 spiro atoms. The summed E-state index contributed by atoms with van der Waals surface area (Å²) in [6, 6.07) is 2.23. The van der Waals surface area contributed by atoms with Crippen LogP contribution in [0.15, 0.2) is 22.5 Å². The summed E-state index contributed by atoms with van der Waals surface area (Å²) in [7, 11) is 0. The van der Waals surface area contributed by atoms with Gasteiger partial charge in [-0.3, -0.25) is 4.79 Å². The molecule has 2 aromatic heterocycles. The standard InChI is InChI=1S/C16H19N3OS2/c1-21-15-9-22-14-7-17-12(6-11(14)15)16(20)18-13-8-19-4-2-10(13)3-5-19/h6-7,9-10,13H,2-5,8H2,1H3,(H,18,20). The average Bonchev–Trinajstić information content (AvgIpc) is 2.98. The van der Waals surface area contributed by atoms with Gasteiger partial charge < -0.3 is 10.2 Å². The lowest BCUT2D eigenvalue weighted by molar-refractivity contribution is 0.0618. The molecule has 1 unspecified atom stereocenters. The van der Waals surface area contributed by atoms with E-state index in [0.29, 0.717) is 11.6 Å². The first kappa shape index (κ1) is 14.5. The number of piperidine rings is 3. The number of nitrogens with one attached hydrogen (secondary N) is 1. The number of aromatic nitrogens is 1. The van der Waals surface area contributed by atoms with Gasteiger partial charge in [0, 0.05) is 34.4 Å². The van der Waals surface area contributed by atoms with Crippen molar-refractivity contribution in [3.63, 3.8) is 0 Å². The van der Waals surface area contributed by atoms with Gasteiger partial charge in [0.05, 0.1) is 4.70 Å². The molecule has 3 saturated heterocycles. The molecule has 5 rings (SSSR count). The summed E-state index contributed by atoms with van der Waals surface area (Å²) in [6.45, 7) is 3.37. The summed E-state index contributed by atoms with van der Waals surface area (Å²) in [5.41, 5.74) is 0.539. The first-order valence-electron chi connectivity index (χ1n) is 7.69. The molecule has 3 aliphatic rings. The van der Waals surface area contributed by atoms with Gasteiger partial charge in [0.15, 0.2) is 0 Å². The van der Waals surface area contributed by atoms with Gasteiger partial charge in [-0.25, -0.2) is 4.98 Å². The Morgan fingerprint density at radius 3 is 2.95 bits per heavy atom. The number of thiophene rings is 1. The van der Waals surface area contributed by atoms with Crippen LogP contribution in [0.2, 0.25) is 0 Å². The molecule has 0 aliphatic carbocycles. The molecule has 0 saturated carbocycles. The lowest BCUT2D eigenvalue weighted by Gasteiger charge is -2.44. The van der Waals surface area contributed by atoms with Crippen molar-refractivity contribution in [3.8, 4) is 0 Å². The van der Waals surface area contributed by atoms with E-state index in [1.165, 1.54) is 30.8 Å². The van der Waals surface area contributed by atoms with E-state index in [4.69, 9.17) is 0 Å². The molecule has 5 heterocycles. The normalized spacial score (nSPS) is 27.2. The predicted octanol–water partition coefficient (Wildman–Crippen LogP) is 2.84. The van der Waals surface area contributed by atoms with Crippen molar-refractivity contribution in [2.75, 3.05) is 25.9 Å². The van der Waals surface area contributed by atoms with Crippen molar-refractivity contribution in [1.29, 1.82) is 0 Å². The number of carbonyl (C=O) groups is 1. The molecular weight excluding hydrogens is 314 g/mol. The highest BCUT2D eigenvalue weighted by atomic mass is 32.2. The Morgan fingerprint density at radius 2 is 2.27 bits per heavy atom. The molecule has 4 nitrogen and oxygen atoms in total. The summed E-state index contributed by atoms with van der Waals surface area (Å²) in [4.78, 5) is 20.6. The van der Waals surface area contributed by atoms with Crippen LogP contribution in [-0.2, 0) is 0 Å². The average molecular weight is 333 g/mol. The summed E-state index contributed by atoms with van der Waals surface area (Å²) in [5, 5.41) is 6.49. The van der Waals surface area contributed by atoms with Crippen LogP contribution in [0.3, 0.4) is 0 Å².